The number of nitrogen functional groups attached to an aromatic ring is 2. The van der Waals surface area contributed by atoms with Crippen molar-refractivity contribution in [1.29, 1.82) is 0 Å². The topological polar surface area (TPSA) is 188 Å². The maximum absolute atomic E-state index is 11.9. The molecule has 0 bridgehead atoms. The number of aromatic nitrogens is 6. The van der Waals surface area contributed by atoms with E-state index in [4.69, 9.17) is 11.5 Å². The van der Waals surface area contributed by atoms with Gasteiger partial charge in [0, 0.05) is 32.0 Å². The minimum Gasteiger partial charge on any atom is -0.368 e. The highest BCUT2D eigenvalue weighted by Gasteiger charge is 2.14. The number of hydrogen-bond donors (Lipinski definition) is 4. The van der Waals surface area contributed by atoms with Gasteiger partial charge in [-0.3, -0.25) is 9.59 Å². The first-order valence-corrected chi connectivity index (χ1v) is 16.7. The maximum Gasteiger partial charge on any atom is 0.232 e. The van der Waals surface area contributed by atoms with Crippen molar-refractivity contribution in [3.05, 3.63) is 108 Å². The van der Waals surface area contributed by atoms with Gasteiger partial charge in [-0.2, -0.15) is 29.9 Å². The minimum absolute atomic E-state index is 0.0453. The van der Waals surface area contributed by atoms with Crippen molar-refractivity contribution >= 4 is 68.3 Å². The molecule has 2 aromatic heterocycles. The van der Waals surface area contributed by atoms with E-state index < -0.39 is 0 Å². The van der Waals surface area contributed by atoms with E-state index in [1.165, 1.54) is 35.4 Å². The lowest BCUT2D eigenvalue weighted by Gasteiger charge is -2.13. The van der Waals surface area contributed by atoms with Gasteiger partial charge in [0.1, 0.15) is 0 Å². The molecule has 0 atom stereocenters. The second-order valence-corrected chi connectivity index (χ2v) is 12.6. The van der Waals surface area contributed by atoms with Crippen LogP contribution in [0.3, 0.4) is 0 Å². The van der Waals surface area contributed by atoms with E-state index >= 15 is 0 Å². The van der Waals surface area contributed by atoms with E-state index in [0.717, 1.165) is 21.2 Å². The molecule has 0 fully saturated rings. The number of carbonyl (C=O) groups excluding carboxylic acids is 2. The molecule has 0 saturated carbocycles. The molecule has 6 N–H and O–H groups in total. The van der Waals surface area contributed by atoms with Gasteiger partial charge in [0.15, 0.2) is 23.2 Å². The monoisotopic (exact) mass is 672 g/mol. The SMILES string of the molecule is CC(=O)c1cccc(-c2nc(N)nc(Nc3ccccc3SSc3ccccc3Nc3nc(N)nc(-c4cccc(C(C)=O)c4)n3)n2)c1. The van der Waals surface area contributed by atoms with Crippen LogP contribution in [0.2, 0.25) is 0 Å². The molecule has 4 aromatic carbocycles. The number of nitrogens with one attached hydrogen (secondary N) is 2. The molecular weight excluding hydrogens is 645 g/mol. The Labute approximate surface area is 283 Å². The van der Waals surface area contributed by atoms with Gasteiger partial charge in [0.25, 0.3) is 0 Å². The number of hydrogen-bond acceptors (Lipinski definition) is 14. The lowest BCUT2D eigenvalue weighted by molar-refractivity contribution is 0.100. The first-order chi connectivity index (χ1) is 23.2. The molecule has 0 radical (unpaired) electrons. The van der Waals surface area contributed by atoms with Crippen LogP contribution in [-0.2, 0) is 0 Å². The standard InChI is InChI=1S/C34H28N10O2S2/c1-19(45)21-9-7-11-23(17-21)29-39-31(35)43-33(41-29)37-25-13-3-5-15-27(25)47-48-28-16-6-4-14-26(28)38-34-42-30(40-32(36)44-34)24-12-8-10-22(18-24)20(2)46/h3-18H,1-2H3,(H3,35,37,39,41,43)(H3,36,38,40,42,44). The Morgan fingerprint density at radius 2 is 0.958 bits per heavy atom. The minimum atomic E-state index is -0.0592. The Morgan fingerprint density at radius 3 is 1.38 bits per heavy atom. The molecule has 0 spiro atoms. The summed E-state index contributed by atoms with van der Waals surface area (Å²) in [6, 6.07) is 29.6. The van der Waals surface area contributed by atoms with E-state index in [9.17, 15) is 9.59 Å². The zero-order valence-electron chi connectivity index (χ0n) is 25.7. The Kier molecular flexibility index (Phi) is 9.55. The van der Waals surface area contributed by atoms with Gasteiger partial charge in [0.2, 0.25) is 23.8 Å². The Morgan fingerprint density at radius 1 is 0.542 bits per heavy atom. The Balaban J connectivity index is 1.21. The van der Waals surface area contributed by atoms with Gasteiger partial charge in [-0.1, -0.05) is 82.3 Å². The zero-order valence-corrected chi connectivity index (χ0v) is 27.3. The lowest BCUT2D eigenvalue weighted by Crippen LogP contribution is -2.06. The summed E-state index contributed by atoms with van der Waals surface area (Å²) in [5, 5.41) is 6.54. The fourth-order valence-corrected chi connectivity index (χ4v) is 6.80. The summed E-state index contributed by atoms with van der Waals surface area (Å²) in [4.78, 5) is 51.9. The fraction of sp³-hybridized carbons (Fsp3) is 0.0588. The number of nitrogens with zero attached hydrogens (tertiary/aromatic N) is 6. The van der Waals surface area contributed by atoms with Crippen LogP contribution in [0.25, 0.3) is 22.8 Å². The first kappa shape index (κ1) is 32.1. The van der Waals surface area contributed by atoms with Crippen molar-refractivity contribution in [2.24, 2.45) is 0 Å². The molecule has 6 rings (SSSR count). The number of carbonyl (C=O) groups is 2. The van der Waals surface area contributed by atoms with Crippen molar-refractivity contribution in [1.82, 2.24) is 29.9 Å². The average molecular weight is 673 g/mol. The van der Waals surface area contributed by atoms with Gasteiger partial charge >= 0.3 is 0 Å². The molecular formula is C34H28N10O2S2. The summed E-state index contributed by atoms with van der Waals surface area (Å²) >= 11 is 0. The predicted molar refractivity (Wildman–Crippen MR) is 191 cm³/mol. The highest BCUT2D eigenvalue weighted by Crippen LogP contribution is 2.44. The molecule has 0 aliphatic rings. The number of ketones is 2. The summed E-state index contributed by atoms with van der Waals surface area (Å²) < 4.78 is 0. The highest BCUT2D eigenvalue weighted by atomic mass is 33.1. The molecule has 0 amide bonds. The van der Waals surface area contributed by atoms with Crippen LogP contribution in [0, 0.1) is 0 Å². The third-order valence-electron chi connectivity index (χ3n) is 6.85. The van der Waals surface area contributed by atoms with Gasteiger partial charge in [-0.25, -0.2) is 0 Å². The molecule has 14 heteroatoms. The molecule has 238 valence electrons. The van der Waals surface area contributed by atoms with Crippen LogP contribution < -0.4 is 22.1 Å². The van der Waals surface area contributed by atoms with Crippen LogP contribution in [-0.4, -0.2) is 41.5 Å². The molecule has 0 aliphatic heterocycles. The molecule has 0 unspecified atom stereocenters. The number of para-hydroxylation sites is 2. The van der Waals surface area contributed by atoms with Gasteiger partial charge in [-0.15, -0.1) is 0 Å². The Bertz CT molecular complexity index is 2010. The quantitative estimate of drug-likeness (QED) is 0.0796. The third-order valence-corrected chi connectivity index (χ3v) is 9.33. The summed E-state index contributed by atoms with van der Waals surface area (Å²) in [6.45, 7) is 3.01. The maximum atomic E-state index is 11.9. The number of benzene rings is 4. The van der Waals surface area contributed by atoms with Gasteiger partial charge in [0.05, 0.1) is 11.4 Å². The van der Waals surface area contributed by atoms with Crippen LogP contribution in [0.4, 0.5) is 35.2 Å². The van der Waals surface area contributed by atoms with E-state index in [1.54, 1.807) is 36.4 Å². The summed E-state index contributed by atoms with van der Waals surface area (Å²) in [5.41, 5.74) is 16.0. The first-order valence-electron chi connectivity index (χ1n) is 14.5. The number of rotatable bonds is 11. The van der Waals surface area contributed by atoms with Gasteiger partial charge in [-0.05, 0) is 50.2 Å². The van der Waals surface area contributed by atoms with Crippen molar-refractivity contribution in [2.75, 3.05) is 22.1 Å². The predicted octanol–water partition coefficient (Wildman–Crippen LogP) is 7.25. The molecule has 12 nitrogen and oxygen atoms in total. The molecule has 48 heavy (non-hydrogen) atoms. The van der Waals surface area contributed by atoms with Crippen LogP contribution in [0.5, 0.6) is 0 Å². The van der Waals surface area contributed by atoms with E-state index in [1.807, 2.05) is 60.7 Å². The second-order valence-electron chi connectivity index (χ2n) is 10.4. The molecule has 0 saturated heterocycles. The molecule has 6 aromatic rings. The van der Waals surface area contributed by atoms with Gasteiger partial charge < -0.3 is 22.1 Å². The number of nitrogens with two attached hydrogens (primary N) is 2. The number of anilines is 6. The van der Waals surface area contributed by atoms with Crippen molar-refractivity contribution in [3.8, 4) is 22.8 Å². The van der Waals surface area contributed by atoms with Crippen LogP contribution >= 0.6 is 21.6 Å². The summed E-state index contributed by atoms with van der Waals surface area (Å²) in [7, 11) is 3.05. The fourth-order valence-electron chi connectivity index (χ4n) is 4.53. The van der Waals surface area contributed by atoms with Crippen LogP contribution in [0.15, 0.2) is 107 Å². The average Bonchev–Trinajstić information content (AvgIpc) is 3.08. The lowest BCUT2D eigenvalue weighted by atomic mass is 10.1. The normalized spacial score (nSPS) is 10.8. The smallest absolute Gasteiger partial charge is 0.232 e. The van der Waals surface area contributed by atoms with Crippen molar-refractivity contribution in [3.63, 3.8) is 0 Å². The third kappa shape index (κ3) is 7.74. The van der Waals surface area contributed by atoms with Crippen molar-refractivity contribution < 1.29 is 9.59 Å². The Hall–Kier alpha value is -5.86. The van der Waals surface area contributed by atoms with E-state index in [0.29, 0.717) is 33.9 Å². The molecule has 2 heterocycles. The van der Waals surface area contributed by atoms with Crippen molar-refractivity contribution in [2.45, 2.75) is 23.6 Å². The largest absolute Gasteiger partial charge is 0.368 e. The van der Waals surface area contributed by atoms with E-state index in [2.05, 4.69) is 40.5 Å². The number of Topliss-reactive ketones (excluding diaryl/α,β-unsaturated/α-hetero) is 2. The highest BCUT2D eigenvalue weighted by molar-refractivity contribution is 8.76. The van der Waals surface area contributed by atoms with Crippen LogP contribution in [0.1, 0.15) is 34.6 Å². The summed E-state index contributed by atoms with van der Waals surface area (Å²) in [6.07, 6.45) is 0. The van der Waals surface area contributed by atoms with E-state index in [-0.39, 0.29) is 35.4 Å². The molecule has 0 aliphatic carbocycles. The summed E-state index contributed by atoms with van der Waals surface area (Å²) in [5.74, 6) is 1.20. The zero-order chi connectivity index (χ0) is 33.6. The second kappa shape index (κ2) is 14.3.